The molecule has 0 saturated heterocycles. The maximum absolute atomic E-state index is 12.2. The van der Waals surface area contributed by atoms with Crippen LogP contribution in [0.3, 0.4) is 0 Å². The number of hydrogen-bond donors (Lipinski definition) is 1. The molecule has 6 nitrogen and oxygen atoms in total. The summed E-state index contributed by atoms with van der Waals surface area (Å²) < 4.78 is 10.1. The molecule has 0 aromatic carbocycles. The highest BCUT2D eigenvalue weighted by Gasteiger charge is 2.12. The first kappa shape index (κ1) is 14.8. The summed E-state index contributed by atoms with van der Waals surface area (Å²) in [6.07, 6.45) is 6.54. The summed E-state index contributed by atoms with van der Waals surface area (Å²) in [5.41, 5.74) is 3.04. The summed E-state index contributed by atoms with van der Waals surface area (Å²) >= 11 is 0. The molecule has 23 heavy (non-hydrogen) atoms. The number of carbonyl (C=O) groups excluding carboxylic acids is 1. The van der Waals surface area contributed by atoms with Gasteiger partial charge in [-0.15, -0.1) is 0 Å². The summed E-state index contributed by atoms with van der Waals surface area (Å²) in [6, 6.07) is 9.01. The Balaban J connectivity index is 1.65. The summed E-state index contributed by atoms with van der Waals surface area (Å²) in [5, 5.41) is 2.83. The Labute approximate surface area is 133 Å². The van der Waals surface area contributed by atoms with Crippen LogP contribution in [0.4, 0.5) is 0 Å². The molecule has 0 atom stereocenters. The van der Waals surface area contributed by atoms with Gasteiger partial charge in [-0.1, -0.05) is 6.07 Å². The predicted octanol–water partition coefficient (Wildman–Crippen LogP) is 2.68. The third kappa shape index (κ3) is 3.37. The number of pyridine rings is 2. The van der Waals surface area contributed by atoms with E-state index in [4.69, 9.17) is 9.15 Å². The van der Waals surface area contributed by atoms with Gasteiger partial charge in [0.2, 0.25) is 5.88 Å². The third-order valence-electron chi connectivity index (χ3n) is 3.30. The lowest BCUT2D eigenvalue weighted by Gasteiger charge is -2.08. The number of carbonyl (C=O) groups is 1. The number of methoxy groups -OCH3 is 1. The van der Waals surface area contributed by atoms with Crippen molar-refractivity contribution in [2.24, 2.45) is 0 Å². The van der Waals surface area contributed by atoms with Crippen molar-refractivity contribution in [3.8, 4) is 17.1 Å². The van der Waals surface area contributed by atoms with Gasteiger partial charge in [-0.25, -0.2) is 4.98 Å². The number of nitrogens with zero attached hydrogens (tertiary/aromatic N) is 2. The van der Waals surface area contributed by atoms with E-state index in [0.29, 0.717) is 18.0 Å². The Morgan fingerprint density at radius 2 is 2.17 bits per heavy atom. The summed E-state index contributed by atoms with van der Waals surface area (Å²) in [7, 11) is 1.48. The zero-order valence-corrected chi connectivity index (χ0v) is 12.5. The van der Waals surface area contributed by atoms with Gasteiger partial charge in [0.15, 0.2) is 0 Å². The number of nitrogens with one attached hydrogen (secondary N) is 1. The smallest absolute Gasteiger partial charge is 0.257 e. The molecule has 1 N–H and O–H groups in total. The molecule has 3 heterocycles. The van der Waals surface area contributed by atoms with E-state index in [-0.39, 0.29) is 5.91 Å². The van der Waals surface area contributed by atoms with Crippen molar-refractivity contribution < 1.29 is 13.9 Å². The van der Waals surface area contributed by atoms with Gasteiger partial charge in [0, 0.05) is 24.5 Å². The second-order valence-electron chi connectivity index (χ2n) is 4.81. The Hall–Kier alpha value is -3.15. The van der Waals surface area contributed by atoms with Crippen molar-refractivity contribution in [1.29, 1.82) is 0 Å². The van der Waals surface area contributed by atoms with Crippen LogP contribution in [-0.4, -0.2) is 23.0 Å². The molecule has 0 fully saturated rings. The average molecular weight is 309 g/mol. The predicted molar refractivity (Wildman–Crippen MR) is 83.9 cm³/mol. The molecule has 0 bridgehead atoms. The van der Waals surface area contributed by atoms with Crippen LogP contribution < -0.4 is 10.1 Å². The minimum absolute atomic E-state index is 0.242. The molecule has 0 aliphatic carbocycles. The first-order valence-corrected chi connectivity index (χ1v) is 7.02. The third-order valence-corrected chi connectivity index (χ3v) is 3.30. The van der Waals surface area contributed by atoms with Crippen molar-refractivity contribution in [3.63, 3.8) is 0 Å². The SMILES string of the molecule is COc1ncccc1C(=O)NCc1ccc(-c2ccoc2)nc1. The first-order chi connectivity index (χ1) is 11.3. The van der Waals surface area contributed by atoms with Gasteiger partial charge in [0.05, 0.1) is 25.3 Å². The molecule has 3 aromatic heterocycles. The van der Waals surface area contributed by atoms with Crippen molar-refractivity contribution in [2.45, 2.75) is 6.54 Å². The molecule has 6 heteroatoms. The number of aromatic nitrogens is 2. The Bertz CT molecular complexity index is 783. The Kier molecular flexibility index (Phi) is 4.33. The average Bonchev–Trinajstić information content (AvgIpc) is 3.14. The summed E-state index contributed by atoms with van der Waals surface area (Å²) in [4.78, 5) is 20.6. The molecule has 0 unspecified atom stereocenters. The highest BCUT2D eigenvalue weighted by Crippen LogP contribution is 2.17. The van der Waals surface area contributed by atoms with Crippen LogP contribution in [0.1, 0.15) is 15.9 Å². The molecule has 0 spiro atoms. The Morgan fingerprint density at radius 1 is 1.26 bits per heavy atom. The van der Waals surface area contributed by atoms with Crippen molar-refractivity contribution in [3.05, 3.63) is 66.4 Å². The fraction of sp³-hybridized carbons (Fsp3) is 0.118. The van der Waals surface area contributed by atoms with E-state index in [9.17, 15) is 4.79 Å². The van der Waals surface area contributed by atoms with E-state index in [0.717, 1.165) is 16.8 Å². The molecule has 3 aromatic rings. The second-order valence-corrected chi connectivity index (χ2v) is 4.81. The molecule has 3 rings (SSSR count). The lowest BCUT2D eigenvalue weighted by atomic mass is 10.2. The van der Waals surface area contributed by atoms with Crippen molar-refractivity contribution >= 4 is 5.91 Å². The molecule has 1 amide bonds. The molecule has 0 aliphatic heterocycles. The van der Waals surface area contributed by atoms with Gasteiger partial charge < -0.3 is 14.5 Å². The minimum Gasteiger partial charge on any atom is -0.480 e. The lowest BCUT2D eigenvalue weighted by molar-refractivity contribution is 0.0947. The Morgan fingerprint density at radius 3 is 2.87 bits per heavy atom. The van der Waals surface area contributed by atoms with Gasteiger partial charge in [-0.3, -0.25) is 9.78 Å². The second kappa shape index (κ2) is 6.74. The lowest BCUT2D eigenvalue weighted by Crippen LogP contribution is -2.23. The summed E-state index contributed by atoms with van der Waals surface area (Å²) in [6.45, 7) is 0.371. The van der Waals surface area contributed by atoms with E-state index in [1.165, 1.54) is 7.11 Å². The zero-order chi connectivity index (χ0) is 16.1. The van der Waals surface area contributed by atoms with E-state index >= 15 is 0 Å². The number of rotatable bonds is 5. The van der Waals surface area contributed by atoms with Crippen LogP contribution >= 0.6 is 0 Å². The van der Waals surface area contributed by atoms with Crippen LogP contribution in [0.15, 0.2) is 59.7 Å². The standard InChI is InChI=1S/C17H15N3O3/c1-22-17-14(3-2-7-18-17)16(21)20-10-12-4-5-15(19-9-12)13-6-8-23-11-13/h2-9,11H,10H2,1H3,(H,20,21). The molecule has 0 saturated carbocycles. The maximum Gasteiger partial charge on any atom is 0.257 e. The van der Waals surface area contributed by atoms with Gasteiger partial charge in [0.1, 0.15) is 5.56 Å². The molecule has 0 radical (unpaired) electrons. The molecule has 0 aliphatic rings. The van der Waals surface area contributed by atoms with Gasteiger partial charge >= 0.3 is 0 Å². The van der Waals surface area contributed by atoms with Crippen molar-refractivity contribution in [1.82, 2.24) is 15.3 Å². The van der Waals surface area contributed by atoms with Crippen LogP contribution in [0, 0.1) is 0 Å². The van der Waals surface area contributed by atoms with Crippen LogP contribution in [-0.2, 0) is 6.54 Å². The van der Waals surface area contributed by atoms with Crippen molar-refractivity contribution in [2.75, 3.05) is 7.11 Å². The zero-order valence-electron chi connectivity index (χ0n) is 12.5. The highest BCUT2D eigenvalue weighted by atomic mass is 16.5. The summed E-state index contributed by atoms with van der Waals surface area (Å²) in [5.74, 6) is 0.0623. The molecule has 116 valence electrons. The number of ether oxygens (including phenoxy) is 1. The fourth-order valence-electron chi connectivity index (χ4n) is 2.11. The number of amides is 1. The number of furan rings is 1. The maximum atomic E-state index is 12.2. The quantitative estimate of drug-likeness (QED) is 0.784. The van der Waals surface area contributed by atoms with E-state index in [1.54, 1.807) is 37.1 Å². The highest BCUT2D eigenvalue weighted by molar-refractivity contribution is 5.96. The first-order valence-electron chi connectivity index (χ1n) is 7.02. The largest absolute Gasteiger partial charge is 0.480 e. The van der Waals surface area contributed by atoms with E-state index < -0.39 is 0 Å². The molecular weight excluding hydrogens is 294 g/mol. The minimum atomic E-state index is -0.242. The van der Waals surface area contributed by atoms with E-state index in [1.807, 2.05) is 18.2 Å². The van der Waals surface area contributed by atoms with Gasteiger partial charge in [-0.05, 0) is 29.8 Å². The normalized spacial score (nSPS) is 10.3. The van der Waals surface area contributed by atoms with Gasteiger partial charge in [0.25, 0.3) is 5.91 Å². The van der Waals surface area contributed by atoms with Crippen LogP contribution in [0.5, 0.6) is 5.88 Å². The monoisotopic (exact) mass is 309 g/mol. The molecular formula is C17H15N3O3. The topological polar surface area (TPSA) is 77.2 Å². The van der Waals surface area contributed by atoms with Gasteiger partial charge in [-0.2, -0.15) is 0 Å². The van der Waals surface area contributed by atoms with Crippen LogP contribution in [0.25, 0.3) is 11.3 Å². The number of hydrogen-bond acceptors (Lipinski definition) is 5. The van der Waals surface area contributed by atoms with E-state index in [2.05, 4.69) is 15.3 Å². The van der Waals surface area contributed by atoms with Crippen LogP contribution in [0.2, 0.25) is 0 Å². The fourth-order valence-corrected chi connectivity index (χ4v) is 2.11.